The van der Waals surface area contributed by atoms with Crippen LogP contribution in [0.5, 0.6) is 0 Å². The van der Waals surface area contributed by atoms with Crippen LogP contribution in [0.15, 0.2) is 0 Å². The third-order valence-electron chi connectivity index (χ3n) is 7.76. The Morgan fingerprint density at radius 1 is 1.16 bits per heavy atom. The van der Waals surface area contributed by atoms with Crippen molar-refractivity contribution in [1.29, 1.82) is 0 Å². The number of hydrogen-bond acceptors (Lipinski definition) is 2. The molecule has 0 bridgehead atoms. The summed E-state index contributed by atoms with van der Waals surface area (Å²) in [5.41, 5.74) is 13.1. The molecule has 0 aromatic heterocycles. The fourth-order valence-corrected chi connectivity index (χ4v) is 7.12. The zero-order valence-corrected chi connectivity index (χ0v) is 12.2. The molecule has 5 saturated carbocycles. The minimum atomic E-state index is -0.444. The normalized spacial score (nSPS) is 59.8. The molecule has 0 heterocycles. The molecule has 1 spiro atoms. The highest BCUT2D eigenvalue weighted by atomic mass is 14.9. The Balaban J connectivity index is 1.17. The molecule has 19 heavy (non-hydrogen) atoms. The Hall–Kier alpha value is -0.0800. The van der Waals surface area contributed by atoms with E-state index in [1.54, 1.807) is 32.1 Å². The topological polar surface area (TPSA) is 52.0 Å². The molecule has 0 saturated heterocycles. The Bertz CT molecular complexity index is 439. The van der Waals surface area contributed by atoms with Crippen molar-refractivity contribution in [3.63, 3.8) is 0 Å². The molecule has 7 unspecified atom stereocenters. The summed E-state index contributed by atoms with van der Waals surface area (Å²) < 4.78 is 0. The van der Waals surface area contributed by atoms with E-state index in [-0.39, 0.29) is 0 Å². The first-order valence-electron chi connectivity index (χ1n) is 8.50. The molecule has 0 aromatic carbocycles. The van der Waals surface area contributed by atoms with Crippen LogP contribution in [0.1, 0.15) is 58.3 Å². The van der Waals surface area contributed by atoms with Crippen molar-refractivity contribution >= 4 is 0 Å². The van der Waals surface area contributed by atoms with Gasteiger partial charge >= 0.3 is 0 Å². The van der Waals surface area contributed by atoms with E-state index in [0.717, 1.165) is 29.1 Å². The highest BCUT2D eigenvalue weighted by molar-refractivity contribution is 5.32. The summed E-state index contributed by atoms with van der Waals surface area (Å²) in [5, 5.41) is 0. The molecule has 4 N–H and O–H groups in total. The summed E-state index contributed by atoms with van der Waals surface area (Å²) in [5.74, 6) is 5.55. The first kappa shape index (κ1) is 11.6. The second-order valence-electron chi connectivity index (χ2n) is 9.36. The lowest BCUT2D eigenvalue weighted by molar-refractivity contribution is -0.185. The second kappa shape index (κ2) is 3.06. The molecule has 5 fully saturated rings. The number of nitrogens with two attached hydrogens (primary N) is 2. The Labute approximate surface area is 116 Å². The summed E-state index contributed by atoms with van der Waals surface area (Å²) in [6, 6.07) is 0. The minimum absolute atomic E-state index is 0.444. The third kappa shape index (κ3) is 1.40. The molecular formula is C17H28N2. The van der Waals surface area contributed by atoms with Gasteiger partial charge in [-0.15, -0.1) is 0 Å². The maximum atomic E-state index is 5.90. The van der Waals surface area contributed by atoms with E-state index < -0.39 is 5.66 Å². The molecule has 0 aromatic rings. The standard InChI is InChI=1S/C17H28N2/c1-15(18,19)3-2-10-4-11(10)6-16-7-12-5-13-8-17(13,9-16)14(12)16/h10-14H,2-9,18-19H2,1H3. The maximum Gasteiger partial charge on any atom is 0.0607 e. The fourth-order valence-electron chi connectivity index (χ4n) is 7.12. The lowest BCUT2D eigenvalue weighted by atomic mass is 9.37. The van der Waals surface area contributed by atoms with Gasteiger partial charge in [0.25, 0.3) is 0 Å². The molecule has 106 valence electrons. The molecule has 0 amide bonds. The summed E-state index contributed by atoms with van der Waals surface area (Å²) in [4.78, 5) is 0. The van der Waals surface area contributed by atoms with Crippen LogP contribution in [-0.2, 0) is 0 Å². The van der Waals surface area contributed by atoms with E-state index in [1.807, 2.05) is 6.92 Å². The van der Waals surface area contributed by atoms with Gasteiger partial charge in [0.1, 0.15) is 0 Å². The van der Waals surface area contributed by atoms with Crippen molar-refractivity contribution in [1.82, 2.24) is 0 Å². The SMILES string of the molecule is CC(N)(N)CCC1CC1CC12CC3CC4CC4(C1)C32. The van der Waals surface area contributed by atoms with E-state index in [2.05, 4.69) is 0 Å². The van der Waals surface area contributed by atoms with Gasteiger partial charge in [-0.25, -0.2) is 0 Å². The summed E-state index contributed by atoms with van der Waals surface area (Å²) in [7, 11) is 0. The van der Waals surface area contributed by atoms with Gasteiger partial charge in [-0.2, -0.15) is 0 Å². The number of rotatable bonds is 5. The average molecular weight is 260 g/mol. The van der Waals surface area contributed by atoms with Crippen molar-refractivity contribution < 1.29 is 0 Å². The van der Waals surface area contributed by atoms with Crippen LogP contribution < -0.4 is 11.5 Å². The van der Waals surface area contributed by atoms with Crippen LogP contribution in [0.25, 0.3) is 0 Å². The quantitative estimate of drug-likeness (QED) is 0.747. The van der Waals surface area contributed by atoms with Crippen molar-refractivity contribution in [2.45, 2.75) is 64.0 Å². The van der Waals surface area contributed by atoms with Crippen LogP contribution in [0.3, 0.4) is 0 Å². The van der Waals surface area contributed by atoms with Crippen molar-refractivity contribution in [3.05, 3.63) is 0 Å². The van der Waals surface area contributed by atoms with Crippen LogP contribution in [0.4, 0.5) is 0 Å². The summed E-state index contributed by atoms with van der Waals surface area (Å²) >= 11 is 0. The van der Waals surface area contributed by atoms with Gasteiger partial charge in [0.15, 0.2) is 0 Å². The zero-order valence-electron chi connectivity index (χ0n) is 12.2. The first-order valence-corrected chi connectivity index (χ1v) is 8.50. The van der Waals surface area contributed by atoms with Gasteiger partial charge in [-0.05, 0) is 98.7 Å². The fraction of sp³-hybridized carbons (Fsp3) is 1.00. The van der Waals surface area contributed by atoms with E-state index in [0.29, 0.717) is 0 Å². The van der Waals surface area contributed by atoms with E-state index >= 15 is 0 Å². The van der Waals surface area contributed by atoms with Gasteiger partial charge in [0, 0.05) is 0 Å². The van der Waals surface area contributed by atoms with E-state index in [9.17, 15) is 0 Å². The zero-order chi connectivity index (χ0) is 13.0. The molecule has 2 nitrogen and oxygen atoms in total. The van der Waals surface area contributed by atoms with Gasteiger partial charge < -0.3 is 11.5 Å². The lowest BCUT2D eigenvalue weighted by Gasteiger charge is -2.67. The van der Waals surface area contributed by atoms with Gasteiger partial charge in [-0.1, -0.05) is 0 Å². The Morgan fingerprint density at radius 2 is 2.00 bits per heavy atom. The van der Waals surface area contributed by atoms with Crippen molar-refractivity contribution in [2.24, 2.45) is 51.9 Å². The monoisotopic (exact) mass is 260 g/mol. The average Bonchev–Trinajstić information content (AvgIpc) is 3.10. The molecule has 5 aliphatic carbocycles. The third-order valence-corrected chi connectivity index (χ3v) is 7.76. The predicted molar refractivity (Wildman–Crippen MR) is 76.0 cm³/mol. The second-order valence-corrected chi connectivity index (χ2v) is 9.36. The largest absolute Gasteiger partial charge is 0.314 e. The molecule has 7 atom stereocenters. The molecular weight excluding hydrogens is 232 g/mol. The van der Waals surface area contributed by atoms with E-state index in [1.165, 1.54) is 30.6 Å². The van der Waals surface area contributed by atoms with Gasteiger partial charge in [-0.3, -0.25) is 0 Å². The Morgan fingerprint density at radius 3 is 2.74 bits per heavy atom. The van der Waals surface area contributed by atoms with Crippen LogP contribution in [0.2, 0.25) is 0 Å². The highest BCUT2D eigenvalue weighted by Gasteiger charge is 2.84. The van der Waals surface area contributed by atoms with E-state index in [4.69, 9.17) is 11.5 Å². The van der Waals surface area contributed by atoms with Crippen LogP contribution in [0, 0.1) is 40.4 Å². The van der Waals surface area contributed by atoms with Crippen LogP contribution >= 0.6 is 0 Å². The lowest BCUT2D eigenvalue weighted by Crippen LogP contribution is -2.60. The van der Waals surface area contributed by atoms with Crippen molar-refractivity contribution in [2.75, 3.05) is 0 Å². The number of hydrogen-bond donors (Lipinski definition) is 2. The Kier molecular flexibility index (Phi) is 1.87. The van der Waals surface area contributed by atoms with Crippen LogP contribution in [-0.4, -0.2) is 5.66 Å². The van der Waals surface area contributed by atoms with Gasteiger partial charge in [0.05, 0.1) is 5.66 Å². The molecule has 0 radical (unpaired) electrons. The summed E-state index contributed by atoms with van der Waals surface area (Å²) in [6.07, 6.45) is 11.8. The minimum Gasteiger partial charge on any atom is -0.314 e. The molecule has 2 heteroatoms. The predicted octanol–water partition coefficient (Wildman–Crippen LogP) is 2.86. The first-order chi connectivity index (χ1) is 8.92. The molecule has 5 rings (SSSR count). The maximum absolute atomic E-state index is 5.90. The van der Waals surface area contributed by atoms with Gasteiger partial charge in [0.2, 0.25) is 0 Å². The molecule has 0 aliphatic heterocycles. The molecule has 5 aliphatic rings. The summed E-state index contributed by atoms with van der Waals surface area (Å²) in [6.45, 7) is 1.96. The smallest absolute Gasteiger partial charge is 0.0607 e. The highest BCUT2D eigenvalue weighted by Crippen LogP contribution is 2.91. The van der Waals surface area contributed by atoms with Crippen molar-refractivity contribution in [3.8, 4) is 0 Å².